The van der Waals surface area contributed by atoms with Crippen LogP contribution in [0.3, 0.4) is 0 Å². The first kappa shape index (κ1) is 22.6. The maximum Gasteiger partial charge on any atom is 0.339 e. The molecular formula is C21H19Cl2N3O5. The summed E-state index contributed by atoms with van der Waals surface area (Å²) in [5.74, 6) is -2.51. The van der Waals surface area contributed by atoms with Gasteiger partial charge in [-0.15, -0.1) is 0 Å². The number of imide groups is 2. The van der Waals surface area contributed by atoms with Gasteiger partial charge in [0.15, 0.2) is 0 Å². The van der Waals surface area contributed by atoms with E-state index in [4.69, 9.17) is 27.9 Å². The predicted octanol–water partition coefficient (Wildman–Crippen LogP) is 3.56. The van der Waals surface area contributed by atoms with Crippen LogP contribution in [0, 0.1) is 0 Å². The molecule has 1 unspecified atom stereocenters. The Morgan fingerprint density at radius 1 is 1.10 bits per heavy atom. The van der Waals surface area contributed by atoms with E-state index >= 15 is 0 Å². The Balaban J connectivity index is 1.75. The number of hydrogen-bond acceptors (Lipinski definition) is 5. The number of benzene rings is 2. The van der Waals surface area contributed by atoms with Gasteiger partial charge in [-0.25, -0.2) is 14.6 Å². The first-order valence-corrected chi connectivity index (χ1v) is 10.2. The van der Waals surface area contributed by atoms with Gasteiger partial charge in [0.25, 0.3) is 0 Å². The average molecular weight is 464 g/mol. The number of rotatable bonds is 7. The van der Waals surface area contributed by atoms with E-state index in [1.165, 1.54) is 6.07 Å². The standard InChI is InChI=1S/C21H19Cl2N3O5/c1-3-31-17-7-5-4-6-16(17)26-20(29)19(28)25(21(26)30)11-18(27)24-12(2)14-9-8-13(22)10-15(14)23/h4-10,12H,3,11H2,1-2H3,(H,24,27). The van der Waals surface area contributed by atoms with Gasteiger partial charge in [-0.1, -0.05) is 41.4 Å². The molecule has 0 aromatic heterocycles. The summed E-state index contributed by atoms with van der Waals surface area (Å²) in [4.78, 5) is 51.5. The number of urea groups is 1. The summed E-state index contributed by atoms with van der Waals surface area (Å²) in [7, 11) is 0. The van der Waals surface area contributed by atoms with E-state index in [9.17, 15) is 19.2 Å². The number of nitrogens with one attached hydrogen (secondary N) is 1. The lowest BCUT2D eigenvalue weighted by molar-refractivity contribution is -0.140. The van der Waals surface area contributed by atoms with E-state index in [1.54, 1.807) is 50.2 Å². The van der Waals surface area contributed by atoms with Crippen LogP contribution in [0.4, 0.5) is 10.5 Å². The number of ether oxygens (including phenoxy) is 1. The molecule has 0 aliphatic carbocycles. The minimum Gasteiger partial charge on any atom is -0.492 e. The van der Waals surface area contributed by atoms with Crippen LogP contribution < -0.4 is 15.0 Å². The van der Waals surface area contributed by atoms with Crippen molar-refractivity contribution in [3.05, 3.63) is 58.1 Å². The molecule has 1 N–H and O–H groups in total. The van der Waals surface area contributed by atoms with Crippen LogP contribution in [0.25, 0.3) is 0 Å². The molecule has 1 fully saturated rings. The fourth-order valence-electron chi connectivity index (χ4n) is 3.14. The van der Waals surface area contributed by atoms with E-state index < -0.39 is 36.3 Å². The Morgan fingerprint density at radius 3 is 2.48 bits per heavy atom. The SMILES string of the molecule is CCOc1ccccc1N1C(=O)C(=O)N(CC(=O)NC(C)c2ccc(Cl)cc2Cl)C1=O. The van der Waals surface area contributed by atoms with Gasteiger partial charge >= 0.3 is 17.8 Å². The molecule has 0 spiro atoms. The van der Waals surface area contributed by atoms with E-state index in [-0.39, 0.29) is 11.4 Å². The first-order chi connectivity index (χ1) is 14.7. The van der Waals surface area contributed by atoms with E-state index in [1.807, 2.05) is 0 Å². The highest BCUT2D eigenvalue weighted by molar-refractivity contribution is 6.53. The molecule has 10 heteroatoms. The maximum atomic E-state index is 12.8. The number of nitrogens with zero attached hydrogens (tertiary/aromatic N) is 2. The van der Waals surface area contributed by atoms with Crippen molar-refractivity contribution >= 4 is 52.6 Å². The van der Waals surface area contributed by atoms with Crippen molar-refractivity contribution in [3.63, 3.8) is 0 Å². The smallest absolute Gasteiger partial charge is 0.339 e. The van der Waals surface area contributed by atoms with Gasteiger partial charge in [-0.2, -0.15) is 0 Å². The summed E-state index contributed by atoms with van der Waals surface area (Å²) in [6.45, 7) is 3.13. The third kappa shape index (κ3) is 4.65. The van der Waals surface area contributed by atoms with Crippen molar-refractivity contribution in [2.24, 2.45) is 0 Å². The molecule has 0 saturated carbocycles. The van der Waals surface area contributed by atoms with Gasteiger partial charge in [0.05, 0.1) is 18.3 Å². The zero-order chi connectivity index (χ0) is 22.7. The minimum absolute atomic E-state index is 0.136. The summed E-state index contributed by atoms with van der Waals surface area (Å²) in [6.07, 6.45) is 0. The van der Waals surface area contributed by atoms with Crippen molar-refractivity contribution in [1.29, 1.82) is 0 Å². The molecule has 0 radical (unpaired) electrons. The van der Waals surface area contributed by atoms with Gasteiger partial charge in [-0.05, 0) is 43.7 Å². The highest BCUT2D eigenvalue weighted by Gasteiger charge is 2.47. The third-order valence-electron chi connectivity index (χ3n) is 4.57. The van der Waals surface area contributed by atoms with Gasteiger partial charge in [-0.3, -0.25) is 14.4 Å². The van der Waals surface area contributed by atoms with Crippen molar-refractivity contribution in [3.8, 4) is 5.75 Å². The maximum absolute atomic E-state index is 12.8. The predicted molar refractivity (Wildman–Crippen MR) is 115 cm³/mol. The number of amides is 5. The largest absolute Gasteiger partial charge is 0.492 e. The Labute approximate surface area is 188 Å². The number of halogens is 2. The van der Waals surface area contributed by atoms with Crippen LogP contribution in [0.2, 0.25) is 10.0 Å². The second-order valence-electron chi connectivity index (χ2n) is 6.67. The second-order valence-corrected chi connectivity index (χ2v) is 7.51. The summed E-state index contributed by atoms with van der Waals surface area (Å²) in [5, 5.41) is 3.47. The molecule has 2 aromatic carbocycles. The number of para-hydroxylation sites is 2. The molecular weight excluding hydrogens is 445 g/mol. The van der Waals surface area contributed by atoms with Gasteiger partial charge in [0.2, 0.25) is 5.91 Å². The van der Waals surface area contributed by atoms with Crippen LogP contribution in [0.5, 0.6) is 5.75 Å². The summed E-state index contributed by atoms with van der Waals surface area (Å²) in [5.41, 5.74) is 0.749. The normalized spacial score (nSPS) is 14.8. The lowest BCUT2D eigenvalue weighted by Gasteiger charge is -2.19. The topological polar surface area (TPSA) is 96.0 Å². The molecule has 1 aliphatic rings. The Morgan fingerprint density at radius 2 is 1.81 bits per heavy atom. The number of carbonyl (C=O) groups excluding carboxylic acids is 4. The molecule has 1 saturated heterocycles. The third-order valence-corrected chi connectivity index (χ3v) is 5.13. The Bertz CT molecular complexity index is 1060. The van der Waals surface area contributed by atoms with E-state index in [0.717, 1.165) is 0 Å². The van der Waals surface area contributed by atoms with Gasteiger partial charge in [0.1, 0.15) is 12.3 Å². The van der Waals surface area contributed by atoms with Crippen LogP contribution in [0.1, 0.15) is 25.5 Å². The monoisotopic (exact) mass is 463 g/mol. The van der Waals surface area contributed by atoms with Gasteiger partial charge < -0.3 is 10.1 Å². The summed E-state index contributed by atoms with van der Waals surface area (Å²) < 4.78 is 5.44. The zero-order valence-electron chi connectivity index (χ0n) is 16.7. The first-order valence-electron chi connectivity index (χ1n) is 9.40. The molecule has 3 rings (SSSR count). The molecule has 1 aliphatic heterocycles. The summed E-state index contributed by atoms with van der Waals surface area (Å²) >= 11 is 12.0. The molecule has 2 aromatic rings. The number of hydrogen-bond donors (Lipinski definition) is 1. The van der Waals surface area contributed by atoms with Crippen molar-refractivity contribution < 1.29 is 23.9 Å². The molecule has 1 atom stereocenters. The number of carbonyl (C=O) groups is 4. The lowest BCUT2D eigenvalue weighted by Crippen LogP contribution is -2.42. The molecule has 162 valence electrons. The van der Waals surface area contributed by atoms with E-state index in [0.29, 0.717) is 32.0 Å². The highest BCUT2D eigenvalue weighted by Crippen LogP contribution is 2.32. The van der Waals surface area contributed by atoms with Crippen molar-refractivity contribution in [1.82, 2.24) is 10.2 Å². The van der Waals surface area contributed by atoms with Crippen molar-refractivity contribution in [2.75, 3.05) is 18.1 Å². The average Bonchev–Trinajstić information content (AvgIpc) is 2.92. The van der Waals surface area contributed by atoms with Crippen LogP contribution in [-0.4, -0.2) is 41.8 Å². The molecule has 8 nitrogen and oxygen atoms in total. The fourth-order valence-corrected chi connectivity index (χ4v) is 3.71. The zero-order valence-corrected chi connectivity index (χ0v) is 18.2. The van der Waals surface area contributed by atoms with Crippen LogP contribution in [-0.2, 0) is 14.4 Å². The fraction of sp³-hybridized carbons (Fsp3) is 0.238. The minimum atomic E-state index is -1.09. The van der Waals surface area contributed by atoms with E-state index in [2.05, 4.69) is 5.32 Å². The summed E-state index contributed by atoms with van der Waals surface area (Å²) in [6, 6.07) is 9.75. The van der Waals surface area contributed by atoms with Crippen LogP contribution in [0.15, 0.2) is 42.5 Å². The molecule has 1 heterocycles. The number of anilines is 1. The molecule has 0 bridgehead atoms. The Hall–Kier alpha value is -3.10. The van der Waals surface area contributed by atoms with Crippen LogP contribution >= 0.6 is 23.2 Å². The van der Waals surface area contributed by atoms with Crippen molar-refractivity contribution in [2.45, 2.75) is 19.9 Å². The highest BCUT2D eigenvalue weighted by atomic mass is 35.5. The van der Waals surface area contributed by atoms with Gasteiger partial charge in [0, 0.05) is 10.0 Å². The second kappa shape index (κ2) is 9.36. The molecule has 5 amide bonds. The lowest BCUT2D eigenvalue weighted by atomic mass is 10.1. The molecule has 31 heavy (non-hydrogen) atoms. The quantitative estimate of drug-likeness (QED) is 0.500. The Kier molecular flexibility index (Phi) is 6.82.